The highest BCUT2D eigenvalue weighted by Gasteiger charge is 2.43. The van der Waals surface area contributed by atoms with Gasteiger partial charge in [-0.05, 0) is 19.3 Å². The second kappa shape index (κ2) is 14.1. The Bertz CT molecular complexity index is 543. The first kappa shape index (κ1) is 25.1. The lowest BCUT2D eigenvalue weighted by Crippen LogP contribution is -2.24. The van der Waals surface area contributed by atoms with Crippen LogP contribution in [0.4, 0.5) is 4.79 Å². The van der Waals surface area contributed by atoms with Gasteiger partial charge in [-0.15, -0.1) is 0 Å². The van der Waals surface area contributed by atoms with Crippen molar-refractivity contribution in [3.63, 3.8) is 0 Å². The van der Waals surface area contributed by atoms with Crippen LogP contribution in [0.15, 0.2) is 12.2 Å². The summed E-state index contributed by atoms with van der Waals surface area (Å²) in [6, 6.07) is 0. The second-order valence-electron chi connectivity index (χ2n) is 7.76. The fourth-order valence-corrected chi connectivity index (χ4v) is 3.81. The normalized spacial score (nSPS) is 22.7. The zero-order valence-electron chi connectivity index (χ0n) is 17.7. The lowest BCUT2D eigenvalue weighted by molar-refractivity contribution is -0.137. The van der Waals surface area contributed by atoms with E-state index < -0.39 is 24.3 Å². The minimum atomic E-state index is -0.806. The third kappa shape index (κ3) is 9.92. The SMILES string of the molecule is CCCCCC(O)C=CC1C(OC(=O)OC)CC(=O)C1CCCCCCC(=O)O. The van der Waals surface area contributed by atoms with Crippen molar-refractivity contribution < 1.29 is 34.1 Å². The smallest absolute Gasteiger partial charge is 0.481 e. The van der Waals surface area contributed by atoms with E-state index in [2.05, 4.69) is 11.7 Å². The topological polar surface area (TPSA) is 110 Å². The van der Waals surface area contributed by atoms with Gasteiger partial charge in [-0.1, -0.05) is 57.6 Å². The number of carbonyl (C=O) groups is 3. The molecule has 4 atom stereocenters. The molecule has 7 heteroatoms. The first-order chi connectivity index (χ1) is 13.9. The molecule has 4 unspecified atom stereocenters. The maximum Gasteiger partial charge on any atom is 0.508 e. The van der Waals surface area contributed by atoms with Crippen LogP contribution in [0.3, 0.4) is 0 Å². The molecule has 1 fully saturated rings. The van der Waals surface area contributed by atoms with Gasteiger partial charge < -0.3 is 19.7 Å². The second-order valence-corrected chi connectivity index (χ2v) is 7.76. The summed E-state index contributed by atoms with van der Waals surface area (Å²) in [7, 11) is 1.23. The summed E-state index contributed by atoms with van der Waals surface area (Å²) in [6.45, 7) is 2.10. The van der Waals surface area contributed by atoms with Crippen LogP contribution in [0.5, 0.6) is 0 Å². The molecule has 2 N–H and O–H groups in total. The predicted octanol–water partition coefficient (Wildman–Crippen LogP) is 4.27. The maximum atomic E-state index is 12.5. The Morgan fingerprint density at radius 1 is 1.17 bits per heavy atom. The minimum Gasteiger partial charge on any atom is -0.481 e. The van der Waals surface area contributed by atoms with Gasteiger partial charge in [-0.2, -0.15) is 0 Å². The van der Waals surface area contributed by atoms with Crippen molar-refractivity contribution in [2.45, 2.75) is 89.8 Å². The molecule has 1 aliphatic carbocycles. The summed E-state index contributed by atoms with van der Waals surface area (Å²) in [4.78, 5) is 34.6. The molecule has 0 radical (unpaired) electrons. The van der Waals surface area contributed by atoms with Crippen LogP contribution in [0.2, 0.25) is 0 Å². The Balaban J connectivity index is 2.65. The summed E-state index contributed by atoms with van der Waals surface area (Å²) in [5.41, 5.74) is 0. The number of carboxylic acid groups (broad SMARTS) is 1. The Morgan fingerprint density at radius 3 is 2.55 bits per heavy atom. The number of carbonyl (C=O) groups excluding carboxylic acids is 2. The number of hydrogen-bond acceptors (Lipinski definition) is 6. The van der Waals surface area contributed by atoms with Gasteiger partial charge in [-0.25, -0.2) is 4.79 Å². The summed E-state index contributed by atoms with van der Waals surface area (Å²) in [6.07, 6.45) is 9.42. The lowest BCUT2D eigenvalue weighted by Gasteiger charge is -2.21. The fraction of sp³-hybridized carbons (Fsp3) is 0.773. The van der Waals surface area contributed by atoms with Gasteiger partial charge in [0, 0.05) is 24.7 Å². The van der Waals surface area contributed by atoms with E-state index in [1.165, 1.54) is 7.11 Å². The quantitative estimate of drug-likeness (QED) is 0.249. The number of Topliss-reactive ketones (excluding diaryl/α,β-unsaturated/α-hetero) is 1. The van der Waals surface area contributed by atoms with Crippen molar-refractivity contribution in [3.8, 4) is 0 Å². The Morgan fingerprint density at radius 2 is 1.90 bits per heavy atom. The molecule has 166 valence electrons. The number of ketones is 1. The number of rotatable bonds is 14. The highest BCUT2D eigenvalue weighted by atomic mass is 16.7. The number of unbranched alkanes of at least 4 members (excludes halogenated alkanes) is 5. The minimum absolute atomic E-state index is 0.0551. The van der Waals surface area contributed by atoms with Crippen molar-refractivity contribution in [1.29, 1.82) is 0 Å². The van der Waals surface area contributed by atoms with Gasteiger partial charge in [0.1, 0.15) is 11.9 Å². The van der Waals surface area contributed by atoms with E-state index in [1.807, 2.05) is 6.08 Å². The third-order valence-corrected chi connectivity index (χ3v) is 5.44. The standard InChI is InChI=1S/C22H36O7/c1-3-4-7-10-16(23)13-14-18-17(11-8-5-6-9-12-21(25)26)19(24)15-20(18)29-22(27)28-2/h13-14,16-18,20,23H,3-12,15H2,1-2H3,(H,25,26). The van der Waals surface area contributed by atoms with Gasteiger partial charge in [0.15, 0.2) is 0 Å². The monoisotopic (exact) mass is 412 g/mol. The maximum absolute atomic E-state index is 12.5. The molecule has 0 spiro atoms. The Hall–Kier alpha value is -1.89. The summed E-state index contributed by atoms with van der Waals surface area (Å²) >= 11 is 0. The van der Waals surface area contributed by atoms with Crippen LogP contribution in [0.1, 0.15) is 77.6 Å². The number of hydrogen-bond donors (Lipinski definition) is 2. The largest absolute Gasteiger partial charge is 0.508 e. The number of methoxy groups -OCH3 is 1. The molecule has 0 heterocycles. The van der Waals surface area contributed by atoms with E-state index >= 15 is 0 Å². The van der Waals surface area contributed by atoms with Crippen LogP contribution in [-0.4, -0.2) is 47.4 Å². The third-order valence-electron chi connectivity index (χ3n) is 5.44. The zero-order valence-corrected chi connectivity index (χ0v) is 17.7. The molecule has 29 heavy (non-hydrogen) atoms. The van der Waals surface area contributed by atoms with Crippen molar-refractivity contribution in [3.05, 3.63) is 12.2 Å². The highest BCUT2D eigenvalue weighted by Crippen LogP contribution is 2.36. The average Bonchev–Trinajstić information content (AvgIpc) is 2.96. The lowest BCUT2D eigenvalue weighted by atomic mass is 9.88. The van der Waals surface area contributed by atoms with Gasteiger partial charge >= 0.3 is 12.1 Å². The van der Waals surface area contributed by atoms with Gasteiger partial charge in [-0.3, -0.25) is 9.59 Å². The number of aliphatic carboxylic acids is 1. The zero-order chi connectivity index (χ0) is 21.6. The first-order valence-corrected chi connectivity index (χ1v) is 10.7. The molecule has 0 saturated heterocycles. The molecule has 0 amide bonds. The number of carboxylic acids is 1. The van der Waals surface area contributed by atoms with E-state index in [0.717, 1.165) is 38.5 Å². The van der Waals surface area contributed by atoms with E-state index in [4.69, 9.17) is 9.84 Å². The molecular formula is C22H36O7. The van der Waals surface area contributed by atoms with Crippen LogP contribution >= 0.6 is 0 Å². The molecule has 0 aliphatic heterocycles. The van der Waals surface area contributed by atoms with Crippen LogP contribution < -0.4 is 0 Å². The molecule has 1 aliphatic rings. The van der Waals surface area contributed by atoms with E-state index in [-0.39, 0.29) is 30.5 Å². The van der Waals surface area contributed by atoms with Crippen molar-refractivity contribution in [1.82, 2.24) is 0 Å². The molecule has 0 aromatic carbocycles. The summed E-state index contributed by atoms with van der Waals surface area (Å²) in [5, 5.41) is 18.8. The van der Waals surface area contributed by atoms with Crippen LogP contribution in [0, 0.1) is 11.8 Å². The molecule has 0 aromatic rings. The number of ether oxygens (including phenoxy) is 2. The Labute approximate surface area is 173 Å². The number of aliphatic hydroxyl groups excluding tert-OH is 1. The van der Waals surface area contributed by atoms with E-state index in [9.17, 15) is 19.5 Å². The van der Waals surface area contributed by atoms with E-state index in [1.54, 1.807) is 6.08 Å². The van der Waals surface area contributed by atoms with Crippen LogP contribution in [0.25, 0.3) is 0 Å². The predicted molar refractivity (Wildman–Crippen MR) is 109 cm³/mol. The van der Waals surface area contributed by atoms with Gasteiger partial charge in [0.05, 0.1) is 13.2 Å². The molecule has 0 aromatic heterocycles. The first-order valence-electron chi connectivity index (χ1n) is 10.7. The molecule has 0 bridgehead atoms. The summed E-state index contributed by atoms with van der Waals surface area (Å²) < 4.78 is 9.87. The van der Waals surface area contributed by atoms with Crippen molar-refractivity contribution >= 4 is 17.9 Å². The van der Waals surface area contributed by atoms with Gasteiger partial charge in [0.2, 0.25) is 0 Å². The molecule has 1 saturated carbocycles. The Kier molecular flexibility index (Phi) is 12.3. The van der Waals surface area contributed by atoms with E-state index in [0.29, 0.717) is 19.3 Å². The average molecular weight is 413 g/mol. The van der Waals surface area contributed by atoms with Crippen molar-refractivity contribution in [2.24, 2.45) is 11.8 Å². The molecular weight excluding hydrogens is 376 g/mol. The van der Waals surface area contributed by atoms with Gasteiger partial charge in [0.25, 0.3) is 0 Å². The molecule has 1 rings (SSSR count). The van der Waals surface area contributed by atoms with Crippen molar-refractivity contribution in [2.75, 3.05) is 7.11 Å². The molecule has 7 nitrogen and oxygen atoms in total. The summed E-state index contributed by atoms with van der Waals surface area (Å²) in [5.74, 6) is -1.27. The fourth-order valence-electron chi connectivity index (χ4n) is 3.81. The van der Waals surface area contributed by atoms with Crippen LogP contribution in [-0.2, 0) is 19.1 Å². The number of aliphatic hydroxyl groups is 1. The highest BCUT2D eigenvalue weighted by molar-refractivity contribution is 5.85.